The normalized spacial score (nSPS) is 9.86. The Morgan fingerprint density at radius 2 is 2.09 bits per heavy atom. The minimum absolute atomic E-state index is 0.264. The highest BCUT2D eigenvalue weighted by Crippen LogP contribution is 2.19. The number of aromatic nitrogens is 1. The summed E-state index contributed by atoms with van der Waals surface area (Å²) < 4.78 is 0.903. The lowest BCUT2D eigenvalue weighted by Gasteiger charge is -2.11. The van der Waals surface area contributed by atoms with Crippen LogP contribution in [-0.4, -0.2) is 23.3 Å². The van der Waals surface area contributed by atoms with E-state index < -0.39 is 0 Å². The van der Waals surface area contributed by atoms with Crippen molar-refractivity contribution in [2.75, 3.05) is 11.9 Å². The van der Waals surface area contributed by atoms with Gasteiger partial charge in [0.2, 0.25) is 0 Å². The summed E-state index contributed by atoms with van der Waals surface area (Å²) in [6.07, 6.45) is 4.66. The SMILES string of the molecule is C=CCNC(=O)c1cc(I)ccc1NC(=O)c1cccnc1. The van der Waals surface area contributed by atoms with Crippen LogP contribution >= 0.6 is 22.6 Å². The van der Waals surface area contributed by atoms with Crippen LogP contribution in [0.3, 0.4) is 0 Å². The molecule has 1 heterocycles. The molecule has 2 aromatic rings. The fraction of sp³-hybridized carbons (Fsp3) is 0.0625. The van der Waals surface area contributed by atoms with Crippen molar-refractivity contribution in [2.45, 2.75) is 0 Å². The molecular formula is C16H14IN3O2. The van der Waals surface area contributed by atoms with Gasteiger partial charge in [0, 0.05) is 22.5 Å². The van der Waals surface area contributed by atoms with Gasteiger partial charge in [-0.15, -0.1) is 6.58 Å². The molecule has 2 amide bonds. The molecule has 0 unspecified atom stereocenters. The van der Waals surface area contributed by atoms with Gasteiger partial charge in [0.1, 0.15) is 0 Å². The number of benzene rings is 1. The summed E-state index contributed by atoms with van der Waals surface area (Å²) in [5.41, 5.74) is 1.29. The maximum Gasteiger partial charge on any atom is 0.257 e. The maximum atomic E-state index is 12.2. The van der Waals surface area contributed by atoms with E-state index in [4.69, 9.17) is 0 Å². The molecule has 1 aromatic carbocycles. The first-order chi connectivity index (χ1) is 10.6. The van der Waals surface area contributed by atoms with Gasteiger partial charge in [0.25, 0.3) is 11.8 Å². The van der Waals surface area contributed by atoms with E-state index in [1.807, 2.05) is 6.07 Å². The van der Waals surface area contributed by atoms with E-state index in [0.717, 1.165) is 3.57 Å². The van der Waals surface area contributed by atoms with Crippen molar-refractivity contribution in [2.24, 2.45) is 0 Å². The molecule has 0 saturated carbocycles. The first-order valence-electron chi connectivity index (χ1n) is 6.52. The van der Waals surface area contributed by atoms with Crippen LogP contribution in [0.5, 0.6) is 0 Å². The molecule has 0 aliphatic carbocycles. The molecular weight excluding hydrogens is 393 g/mol. The monoisotopic (exact) mass is 407 g/mol. The smallest absolute Gasteiger partial charge is 0.257 e. The van der Waals surface area contributed by atoms with Gasteiger partial charge < -0.3 is 10.6 Å². The first-order valence-corrected chi connectivity index (χ1v) is 7.59. The molecule has 112 valence electrons. The lowest BCUT2D eigenvalue weighted by Crippen LogP contribution is -2.25. The third-order valence-corrected chi connectivity index (χ3v) is 3.48. The predicted octanol–water partition coefficient (Wildman–Crippen LogP) is 2.85. The standard InChI is InChI=1S/C16H14IN3O2/c1-2-7-19-16(22)13-9-12(17)5-6-14(13)20-15(21)11-4-3-8-18-10-11/h2-6,8-10H,1,7H2,(H,19,22)(H,20,21). The Balaban J connectivity index is 2.25. The number of nitrogens with zero attached hydrogens (tertiary/aromatic N) is 1. The average molecular weight is 407 g/mol. The maximum absolute atomic E-state index is 12.2. The highest BCUT2D eigenvalue weighted by molar-refractivity contribution is 14.1. The number of amides is 2. The van der Waals surface area contributed by atoms with Gasteiger partial charge in [-0.2, -0.15) is 0 Å². The number of rotatable bonds is 5. The Morgan fingerprint density at radius 1 is 1.27 bits per heavy atom. The van der Waals surface area contributed by atoms with Crippen LogP contribution < -0.4 is 10.6 Å². The molecule has 0 saturated heterocycles. The van der Waals surface area contributed by atoms with Crippen molar-refractivity contribution in [3.8, 4) is 0 Å². The molecule has 5 nitrogen and oxygen atoms in total. The van der Waals surface area contributed by atoms with Crippen LogP contribution in [0.1, 0.15) is 20.7 Å². The van der Waals surface area contributed by atoms with Gasteiger partial charge in [-0.1, -0.05) is 6.08 Å². The number of halogens is 1. The highest BCUT2D eigenvalue weighted by atomic mass is 127. The second-order valence-corrected chi connectivity index (χ2v) is 5.63. The number of hydrogen-bond donors (Lipinski definition) is 2. The average Bonchev–Trinajstić information content (AvgIpc) is 2.55. The largest absolute Gasteiger partial charge is 0.349 e. The summed E-state index contributed by atoms with van der Waals surface area (Å²) in [6, 6.07) is 8.59. The lowest BCUT2D eigenvalue weighted by molar-refractivity contribution is 0.0959. The van der Waals surface area contributed by atoms with Gasteiger partial charge >= 0.3 is 0 Å². The summed E-state index contributed by atoms with van der Waals surface area (Å²) >= 11 is 2.12. The van der Waals surface area contributed by atoms with Crippen LogP contribution in [0.25, 0.3) is 0 Å². The molecule has 2 rings (SSSR count). The first kappa shape index (κ1) is 16.2. The molecule has 22 heavy (non-hydrogen) atoms. The zero-order chi connectivity index (χ0) is 15.9. The van der Waals surface area contributed by atoms with Crippen LogP contribution in [0.2, 0.25) is 0 Å². The van der Waals surface area contributed by atoms with Gasteiger partial charge in [0.05, 0.1) is 16.8 Å². The third kappa shape index (κ3) is 4.14. The van der Waals surface area contributed by atoms with E-state index in [1.54, 1.807) is 36.5 Å². The minimum atomic E-state index is -0.313. The lowest BCUT2D eigenvalue weighted by atomic mass is 10.1. The van der Waals surface area contributed by atoms with Crippen molar-refractivity contribution < 1.29 is 9.59 Å². The van der Waals surface area contributed by atoms with Crippen molar-refractivity contribution >= 4 is 40.1 Å². The number of hydrogen-bond acceptors (Lipinski definition) is 3. The number of carbonyl (C=O) groups is 2. The fourth-order valence-corrected chi connectivity index (χ4v) is 2.26. The van der Waals surface area contributed by atoms with Gasteiger partial charge in [-0.25, -0.2) is 0 Å². The Bertz CT molecular complexity index is 702. The topological polar surface area (TPSA) is 71.1 Å². The quantitative estimate of drug-likeness (QED) is 0.592. The number of carbonyl (C=O) groups excluding carboxylic acids is 2. The van der Waals surface area contributed by atoms with Crippen molar-refractivity contribution in [3.63, 3.8) is 0 Å². The summed E-state index contributed by atoms with van der Waals surface area (Å²) in [5.74, 6) is -0.577. The van der Waals surface area contributed by atoms with E-state index >= 15 is 0 Å². The number of anilines is 1. The highest BCUT2D eigenvalue weighted by Gasteiger charge is 2.14. The zero-order valence-corrected chi connectivity index (χ0v) is 13.8. The predicted molar refractivity (Wildman–Crippen MR) is 93.9 cm³/mol. The third-order valence-electron chi connectivity index (χ3n) is 2.81. The van der Waals surface area contributed by atoms with E-state index in [9.17, 15) is 9.59 Å². The van der Waals surface area contributed by atoms with Crippen molar-refractivity contribution in [3.05, 3.63) is 70.1 Å². The molecule has 2 N–H and O–H groups in total. The Kier molecular flexibility index (Phi) is 5.65. The summed E-state index contributed by atoms with van der Waals surface area (Å²) in [7, 11) is 0. The van der Waals surface area contributed by atoms with Crippen LogP contribution in [0.4, 0.5) is 5.69 Å². The van der Waals surface area contributed by atoms with Crippen LogP contribution in [0.15, 0.2) is 55.4 Å². The Labute approximate surface area is 142 Å². The van der Waals surface area contributed by atoms with Crippen LogP contribution in [-0.2, 0) is 0 Å². The fourth-order valence-electron chi connectivity index (χ4n) is 1.76. The molecule has 0 radical (unpaired) electrons. The van der Waals surface area contributed by atoms with Gasteiger partial charge in [-0.3, -0.25) is 14.6 Å². The number of pyridine rings is 1. The molecule has 0 aliphatic rings. The molecule has 0 atom stereocenters. The van der Waals surface area contributed by atoms with E-state index in [1.165, 1.54) is 6.20 Å². The second kappa shape index (κ2) is 7.69. The molecule has 1 aromatic heterocycles. The van der Waals surface area contributed by atoms with Gasteiger partial charge in [0.15, 0.2) is 0 Å². The number of nitrogens with one attached hydrogen (secondary N) is 2. The Hall–Kier alpha value is -2.22. The van der Waals surface area contributed by atoms with Crippen molar-refractivity contribution in [1.82, 2.24) is 10.3 Å². The summed E-state index contributed by atoms with van der Waals surface area (Å²) in [4.78, 5) is 28.3. The molecule has 0 bridgehead atoms. The van der Waals surface area contributed by atoms with Crippen molar-refractivity contribution in [1.29, 1.82) is 0 Å². The molecule has 0 spiro atoms. The summed E-state index contributed by atoms with van der Waals surface area (Å²) in [6.45, 7) is 3.92. The van der Waals surface area contributed by atoms with E-state index in [-0.39, 0.29) is 11.8 Å². The zero-order valence-electron chi connectivity index (χ0n) is 11.7. The molecule has 0 fully saturated rings. The molecule has 0 aliphatic heterocycles. The van der Waals surface area contributed by atoms with Crippen LogP contribution in [0, 0.1) is 3.57 Å². The minimum Gasteiger partial charge on any atom is -0.349 e. The second-order valence-electron chi connectivity index (χ2n) is 4.38. The summed E-state index contributed by atoms with van der Waals surface area (Å²) in [5, 5.41) is 5.45. The molecule has 6 heteroatoms. The van der Waals surface area contributed by atoms with E-state index in [2.05, 4.69) is 44.8 Å². The Morgan fingerprint density at radius 3 is 2.77 bits per heavy atom. The van der Waals surface area contributed by atoms with E-state index in [0.29, 0.717) is 23.4 Å². The van der Waals surface area contributed by atoms with Gasteiger partial charge in [-0.05, 0) is 52.9 Å².